The number of fused-ring (bicyclic) bond motifs is 1. The van der Waals surface area contributed by atoms with E-state index in [0.717, 1.165) is 40.9 Å². The Morgan fingerprint density at radius 2 is 1.85 bits per heavy atom. The number of halogens is 1. The lowest BCUT2D eigenvalue weighted by Crippen LogP contribution is -2.27. The molecule has 0 spiro atoms. The van der Waals surface area contributed by atoms with Crippen LogP contribution in [0.1, 0.15) is 36.3 Å². The van der Waals surface area contributed by atoms with Crippen molar-refractivity contribution in [2.45, 2.75) is 25.2 Å². The van der Waals surface area contributed by atoms with Gasteiger partial charge in [-0.05, 0) is 30.5 Å². The van der Waals surface area contributed by atoms with Gasteiger partial charge in [-0.3, -0.25) is 4.79 Å². The Hall–Kier alpha value is -2.46. The van der Waals surface area contributed by atoms with Gasteiger partial charge in [0, 0.05) is 52.0 Å². The fourth-order valence-electron chi connectivity index (χ4n) is 3.91. The van der Waals surface area contributed by atoms with Gasteiger partial charge >= 0.3 is 0 Å². The van der Waals surface area contributed by atoms with E-state index in [-0.39, 0.29) is 11.7 Å². The highest BCUT2D eigenvalue weighted by molar-refractivity contribution is 6.30. The van der Waals surface area contributed by atoms with E-state index in [9.17, 15) is 4.79 Å². The van der Waals surface area contributed by atoms with Gasteiger partial charge in [-0.1, -0.05) is 23.7 Å². The third-order valence-corrected chi connectivity index (χ3v) is 5.35. The number of Topliss-reactive ketones (excluding diaryl/α,β-unsaturated/α-hetero) is 1. The molecule has 0 aromatic heterocycles. The van der Waals surface area contributed by atoms with Crippen LogP contribution in [0.25, 0.3) is 0 Å². The molecule has 134 valence electrons. The van der Waals surface area contributed by atoms with Crippen molar-refractivity contribution >= 4 is 23.1 Å². The van der Waals surface area contributed by atoms with E-state index < -0.39 is 0 Å². The fourth-order valence-corrected chi connectivity index (χ4v) is 4.04. The van der Waals surface area contributed by atoms with Crippen molar-refractivity contribution in [3.05, 3.63) is 63.8 Å². The molecule has 0 radical (unpaired) electrons. The molecule has 1 heterocycles. The van der Waals surface area contributed by atoms with Crippen LogP contribution < -0.4 is 14.8 Å². The van der Waals surface area contributed by atoms with Crippen LogP contribution >= 0.6 is 11.6 Å². The molecule has 1 aliphatic carbocycles. The lowest BCUT2D eigenvalue weighted by atomic mass is 9.75. The number of ether oxygens (including phenoxy) is 2. The van der Waals surface area contributed by atoms with Gasteiger partial charge in [0.25, 0.3) is 0 Å². The standard InChI is InChI=1S/C21H20ClNO3/c1-25-14-10-16-21(18(11-14)26-2)19(12-6-8-13(22)9-7-12)20-15(23-16)4-3-5-17(20)24/h6-11,19,23H,3-5H2,1-2H3. The predicted octanol–water partition coefficient (Wildman–Crippen LogP) is 4.92. The first-order valence-corrected chi connectivity index (χ1v) is 9.05. The van der Waals surface area contributed by atoms with Crippen molar-refractivity contribution in [3.63, 3.8) is 0 Å². The molecule has 4 nitrogen and oxygen atoms in total. The molecule has 1 aliphatic heterocycles. The number of hydrogen-bond donors (Lipinski definition) is 1. The minimum absolute atomic E-state index is 0.174. The zero-order valence-electron chi connectivity index (χ0n) is 14.8. The van der Waals surface area contributed by atoms with Crippen LogP contribution in [0.15, 0.2) is 47.7 Å². The second-order valence-electron chi connectivity index (χ2n) is 6.57. The minimum atomic E-state index is -0.174. The molecule has 0 fully saturated rings. The van der Waals surface area contributed by atoms with E-state index in [1.165, 1.54) is 0 Å². The van der Waals surface area contributed by atoms with Crippen molar-refractivity contribution in [2.75, 3.05) is 19.5 Å². The maximum absolute atomic E-state index is 12.8. The number of methoxy groups -OCH3 is 2. The summed E-state index contributed by atoms with van der Waals surface area (Å²) in [4.78, 5) is 12.8. The molecule has 2 aliphatic rings. The van der Waals surface area contributed by atoms with Crippen molar-refractivity contribution in [1.29, 1.82) is 0 Å². The first-order chi connectivity index (χ1) is 12.6. The van der Waals surface area contributed by atoms with Crippen LogP contribution in [-0.4, -0.2) is 20.0 Å². The number of carbonyl (C=O) groups excluding carboxylic acids is 1. The van der Waals surface area contributed by atoms with Gasteiger partial charge in [-0.2, -0.15) is 0 Å². The third-order valence-electron chi connectivity index (χ3n) is 5.09. The van der Waals surface area contributed by atoms with Gasteiger partial charge in [0.1, 0.15) is 11.5 Å². The number of carbonyl (C=O) groups is 1. The van der Waals surface area contributed by atoms with Crippen molar-refractivity contribution in [3.8, 4) is 11.5 Å². The Morgan fingerprint density at radius 1 is 1.08 bits per heavy atom. The van der Waals surface area contributed by atoms with Crippen LogP contribution in [0.2, 0.25) is 5.02 Å². The maximum atomic E-state index is 12.8. The molecule has 0 saturated heterocycles. The van der Waals surface area contributed by atoms with Crippen LogP contribution in [0, 0.1) is 0 Å². The van der Waals surface area contributed by atoms with Crippen molar-refractivity contribution < 1.29 is 14.3 Å². The highest BCUT2D eigenvalue weighted by atomic mass is 35.5. The Labute approximate surface area is 157 Å². The van der Waals surface area contributed by atoms with Gasteiger partial charge in [-0.15, -0.1) is 0 Å². The number of hydrogen-bond acceptors (Lipinski definition) is 4. The van der Waals surface area contributed by atoms with E-state index in [1.807, 2.05) is 36.4 Å². The molecule has 2 aromatic carbocycles. The molecule has 1 atom stereocenters. The van der Waals surface area contributed by atoms with Gasteiger partial charge in [0.05, 0.1) is 14.2 Å². The molecular formula is C21H20ClNO3. The first-order valence-electron chi connectivity index (χ1n) is 8.67. The molecule has 0 amide bonds. The normalized spacial score (nSPS) is 18.7. The zero-order chi connectivity index (χ0) is 18.3. The number of anilines is 1. The smallest absolute Gasteiger partial charge is 0.161 e. The average Bonchev–Trinajstić information content (AvgIpc) is 2.66. The van der Waals surface area contributed by atoms with Crippen LogP contribution in [0.4, 0.5) is 5.69 Å². The minimum Gasteiger partial charge on any atom is -0.497 e. The van der Waals surface area contributed by atoms with E-state index in [1.54, 1.807) is 14.2 Å². The second-order valence-corrected chi connectivity index (χ2v) is 7.01. The highest BCUT2D eigenvalue weighted by Crippen LogP contribution is 2.50. The summed E-state index contributed by atoms with van der Waals surface area (Å²) in [5.74, 6) is 1.44. The molecule has 2 aromatic rings. The molecule has 5 heteroatoms. The Kier molecular flexibility index (Phi) is 4.37. The quantitative estimate of drug-likeness (QED) is 0.834. The topological polar surface area (TPSA) is 47.6 Å². The monoisotopic (exact) mass is 369 g/mol. The third kappa shape index (κ3) is 2.74. The summed E-state index contributed by atoms with van der Waals surface area (Å²) in [5, 5.41) is 4.14. The second kappa shape index (κ2) is 6.69. The van der Waals surface area contributed by atoms with Gasteiger partial charge in [0.15, 0.2) is 5.78 Å². The maximum Gasteiger partial charge on any atom is 0.161 e. The number of allylic oxidation sites excluding steroid dienone is 2. The summed E-state index contributed by atoms with van der Waals surface area (Å²) in [5.41, 5.74) is 4.76. The zero-order valence-corrected chi connectivity index (χ0v) is 15.5. The summed E-state index contributed by atoms with van der Waals surface area (Å²) >= 11 is 6.08. The molecule has 26 heavy (non-hydrogen) atoms. The SMILES string of the molecule is COc1cc2c(c(OC)c1)C(c1ccc(Cl)cc1)C1=C(CCCC1=O)N2. The number of rotatable bonds is 3. The highest BCUT2D eigenvalue weighted by Gasteiger charge is 2.37. The number of nitrogens with one attached hydrogen (secondary N) is 1. The van der Waals surface area contributed by atoms with Gasteiger partial charge in [0.2, 0.25) is 0 Å². The predicted molar refractivity (Wildman–Crippen MR) is 102 cm³/mol. The van der Waals surface area contributed by atoms with E-state index >= 15 is 0 Å². The summed E-state index contributed by atoms with van der Waals surface area (Å²) in [6, 6.07) is 11.5. The molecular weight excluding hydrogens is 350 g/mol. The van der Waals surface area contributed by atoms with E-state index in [2.05, 4.69) is 5.32 Å². The Bertz CT molecular complexity index is 902. The van der Waals surface area contributed by atoms with E-state index in [0.29, 0.717) is 22.9 Å². The summed E-state index contributed by atoms with van der Waals surface area (Å²) < 4.78 is 11.1. The molecule has 0 bridgehead atoms. The first kappa shape index (κ1) is 17.0. The summed E-state index contributed by atoms with van der Waals surface area (Å²) in [6.07, 6.45) is 2.32. The molecule has 0 saturated carbocycles. The van der Waals surface area contributed by atoms with Gasteiger partial charge in [-0.25, -0.2) is 0 Å². The number of benzene rings is 2. The van der Waals surface area contributed by atoms with Crippen LogP contribution in [0.5, 0.6) is 11.5 Å². The summed E-state index contributed by atoms with van der Waals surface area (Å²) in [6.45, 7) is 0. The molecule has 1 N–H and O–H groups in total. The lowest BCUT2D eigenvalue weighted by Gasteiger charge is -2.35. The van der Waals surface area contributed by atoms with Crippen LogP contribution in [-0.2, 0) is 4.79 Å². The summed E-state index contributed by atoms with van der Waals surface area (Å²) in [7, 11) is 3.27. The number of ketones is 1. The Morgan fingerprint density at radius 3 is 2.54 bits per heavy atom. The van der Waals surface area contributed by atoms with Crippen LogP contribution in [0.3, 0.4) is 0 Å². The average molecular weight is 370 g/mol. The van der Waals surface area contributed by atoms with Gasteiger partial charge < -0.3 is 14.8 Å². The van der Waals surface area contributed by atoms with Crippen molar-refractivity contribution in [1.82, 2.24) is 0 Å². The lowest BCUT2D eigenvalue weighted by molar-refractivity contribution is -0.116. The fraction of sp³-hybridized carbons (Fsp3) is 0.286. The van der Waals surface area contributed by atoms with E-state index in [4.69, 9.17) is 21.1 Å². The molecule has 1 unspecified atom stereocenters. The largest absolute Gasteiger partial charge is 0.497 e. The Balaban J connectivity index is 1.97. The molecule has 4 rings (SSSR count). The van der Waals surface area contributed by atoms with Crippen molar-refractivity contribution in [2.24, 2.45) is 0 Å².